The molecule has 1 saturated heterocycles. The molecule has 0 spiro atoms. The van der Waals surface area contributed by atoms with Crippen molar-refractivity contribution in [1.82, 2.24) is 0 Å². The van der Waals surface area contributed by atoms with Crippen molar-refractivity contribution < 1.29 is 4.74 Å². The highest BCUT2D eigenvalue weighted by Gasteiger charge is 2.31. The minimum atomic E-state index is 0.392. The summed E-state index contributed by atoms with van der Waals surface area (Å²) in [4.78, 5) is 0. The first-order valence-corrected chi connectivity index (χ1v) is 6.05. The van der Waals surface area contributed by atoms with Gasteiger partial charge in [-0.3, -0.25) is 0 Å². The average Bonchev–Trinajstić information content (AvgIpc) is 2.42. The van der Waals surface area contributed by atoms with E-state index in [4.69, 9.17) is 11.2 Å². The molecule has 0 radical (unpaired) electrons. The van der Waals surface area contributed by atoms with Crippen LogP contribution in [0.3, 0.4) is 0 Å². The number of thioether (sulfide) groups is 1. The number of rotatable bonds is 3. The highest BCUT2D eigenvalue weighted by Crippen LogP contribution is 2.30. The molecule has 1 rings (SSSR count). The van der Waals surface area contributed by atoms with Crippen LogP contribution in [0.15, 0.2) is 0 Å². The van der Waals surface area contributed by atoms with Gasteiger partial charge in [-0.25, -0.2) is 0 Å². The van der Waals surface area contributed by atoms with Gasteiger partial charge in [0, 0.05) is 11.3 Å². The molecule has 0 aromatic rings. The molecular weight excluding hydrogens is 186 g/mol. The first kappa shape index (κ1) is 10.4. The van der Waals surface area contributed by atoms with Gasteiger partial charge in [-0.05, 0) is 12.6 Å². The van der Waals surface area contributed by atoms with Gasteiger partial charge in [-0.2, -0.15) is 0 Å². The summed E-state index contributed by atoms with van der Waals surface area (Å²) in [6.45, 7) is 0. The van der Waals surface area contributed by atoms with Crippen molar-refractivity contribution in [2.45, 2.75) is 23.8 Å². The number of hydrogen-bond donors (Lipinski definition) is 0. The summed E-state index contributed by atoms with van der Waals surface area (Å²) in [5.74, 6) is 3.46. The topological polar surface area (TPSA) is 9.23 Å². The van der Waals surface area contributed by atoms with Crippen molar-refractivity contribution in [3.8, 4) is 12.3 Å². The zero-order valence-electron chi connectivity index (χ0n) is 7.32. The van der Waals surface area contributed by atoms with Gasteiger partial charge in [-0.1, -0.05) is 5.92 Å². The molecule has 0 N–H and O–H groups in total. The summed E-state index contributed by atoms with van der Waals surface area (Å²) in [6, 6.07) is 0.408. The number of hydrogen-bond acceptors (Lipinski definition) is 2. The molecule has 4 atom stereocenters. The van der Waals surface area contributed by atoms with Gasteiger partial charge in [0.2, 0.25) is 0 Å². The molecule has 0 aromatic heterocycles. The second kappa shape index (κ2) is 5.17. The van der Waals surface area contributed by atoms with Crippen molar-refractivity contribution in [1.29, 1.82) is 0 Å². The van der Waals surface area contributed by atoms with E-state index in [1.807, 2.05) is 11.8 Å². The summed E-state index contributed by atoms with van der Waals surface area (Å²) >= 11 is 1.85. The van der Waals surface area contributed by atoms with Gasteiger partial charge in [-0.15, -0.1) is 27.4 Å². The molecule has 0 aliphatic carbocycles. The largest absolute Gasteiger partial charge is 0.382 e. The molecule has 66 valence electrons. The molecule has 1 nitrogen and oxygen atoms in total. The van der Waals surface area contributed by atoms with Gasteiger partial charge in [0.1, 0.15) is 7.85 Å². The fourth-order valence-corrected chi connectivity index (χ4v) is 3.20. The van der Waals surface area contributed by atoms with E-state index < -0.39 is 0 Å². The van der Waals surface area contributed by atoms with Crippen LogP contribution >= 0.6 is 21.0 Å². The predicted octanol–water partition coefficient (Wildman–Crippen LogP) is 0.345. The van der Waals surface area contributed by atoms with Crippen LogP contribution in [0.25, 0.3) is 0 Å². The van der Waals surface area contributed by atoms with E-state index in [1.54, 1.807) is 0 Å². The maximum Gasteiger partial charge on any atom is 0.139 e. The van der Waals surface area contributed by atoms with E-state index in [9.17, 15) is 0 Å². The van der Waals surface area contributed by atoms with Crippen LogP contribution in [0.2, 0.25) is 0 Å². The van der Waals surface area contributed by atoms with Gasteiger partial charge in [0.25, 0.3) is 0 Å². The lowest BCUT2D eigenvalue weighted by Gasteiger charge is -2.14. The molecule has 1 fully saturated rings. The normalized spacial score (nSPS) is 34.8. The van der Waals surface area contributed by atoms with Gasteiger partial charge < -0.3 is 4.74 Å². The fourth-order valence-electron chi connectivity index (χ4n) is 1.46. The Morgan fingerprint density at radius 2 is 2.50 bits per heavy atom. The number of ether oxygens (including phenoxy) is 1. The van der Waals surface area contributed by atoms with E-state index >= 15 is 0 Å². The third-order valence-electron chi connectivity index (χ3n) is 2.00. The summed E-state index contributed by atoms with van der Waals surface area (Å²) in [7, 11) is 4.87. The minimum absolute atomic E-state index is 0.392. The molecule has 4 unspecified atom stereocenters. The van der Waals surface area contributed by atoms with E-state index in [1.165, 1.54) is 0 Å². The van der Waals surface area contributed by atoms with Crippen LogP contribution in [0.5, 0.6) is 0 Å². The summed E-state index contributed by atoms with van der Waals surface area (Å²) < 4.78 is 5.71. The van der Waals surface area contributed by atoms with Crippen molar-refractivity contribution in [2.75, 3.05) is 11.9 Å². The second-order valence-electron chi connectivity index (χ2n) is 3.01. The first-order chi connectivity index (χ1) is 5.77. The third kappa shape index (κ3) is 2.70. The molecule has 0 bridgehead atoms. The van der Waals surface area contributed by atoms with Crippen molar-refractivity contribution in [3.63, 3.8) is 0 Å². The SMILES string of the molecule is BC1CC(SCC#C)C(CP)O1. The van der Waals surface area contributed by atoms with Crippen molar-refractivity contribution in [3.05, 3.63) is 0 Å². The molecule has 1 aliphatic heterocycles. The minimum Gasteiger partial charge on any atom is -0.382 e. The number of terminal acetylenes is 1. The van der Waals surface area contributed by atoms with Gasteiger partial charge in [0.15, 0.2) is 0 Å². The first-order valence-electron chi connectivity index (χ1n) is 4.18. The predicted molar refractivity (Wildman–Crippen MR) is 61.5 cm³/mol. The Kier molecular flexibility index (Phi) is 4.50. The third-order valence-corrected chi connectivity index (χ3v) is 3.72. The Morgan fingerprint density at radius 1 is 1.75 bits per heavy atom. The van der Waals surface area contributed by atoms with Crippen molar-refractivity contribution >= 4 is 28.8 Å². The van der Waals surface area contributed by atoms with Crippen molar-refractivity contribution in [2.24, 2.45) is 0 Å². The lowest BCUT2D eigenvalue weighted by molar-refractivity contribution is 0.106. The molecule has 0 amide bonds. The maximum absolute atomic E-state index is 5.71. The molecule has 4 heteroatoms. The van der Waals surface area contributed by atoms with Crippen LogP contribution in [0.1, 0.15) is 6.42 Å². The second-order valence-corrected chi connectivity index (χ2v) is 4.71. The summed E-state index contributed by atoms with van der Waals surface area (Å²) in [5.41, 5.74) is 0. The zero-order chi connectivity index (χ0) is 8.97. The van der Waals surface area contributed by atoms with Gasteiger partial charge >= 0.3 is 0 Å². The van der Waals surface area contributed by atoms with Crippen LogP contribution in [-0.4, -0.2) is 37.1 Å². The molecule has 0 aromatic carbocycles. The summed E-state index contributed by atoms with van der Waals surface area (Å²) in [6.07, 6.45) is 7.77. The highest BCUT2D eigenvalue weighted by molar-refractivity contribution is 8.00. The van der Waals surface area contributed by atoms with Crippen LogP contribution in [-0.2, 0) is 4.74 Å². The molecular formula is C8H14BOPS. The maximum atomic E-state index is 5.71. The van der Waals surface area contributed by atoms with Crippen LogP contribution < -0.4 is 0 Å². The molecule has 0 saturated carbocycles. The van der Waals surface area contributed by atoms with E-state index in [0.717, 1.165) is 18.3 Å². The monoisotopic (exact) mass is 200 g/mol. The fraction of sp³-hybridized carbons (Fsp3) is 0.750. The Hall–Kier alpha value is 0.365. The average molecular weight is 200 g/mol. The smallest absolute Gasteiger partial charge is 0.139 e. The van der Waals surface area contributed by atoms with Gasteiger partial charge in [0.05, 0.1) is 11.9 Å². The molecule has 1 aliphatic rings. The van der Waals surface area contributed by atoms with E-state index in [-0.39, 0.29) is 0 Å². The van der Waals surface area contributed by atoms with E-state index in [0.29, 0.717) is 17.4 Å². The Morgan fingerprint density at radius 3 is 3.08 bits per heavy atom. The zero-order valence-corrected chi connectivity index (χ0v) is 9.30. The highest BCUT2D eigenvalue weighted by atomic mass is 32.2. The Balaban J connectivity index is 2.36. The lowest BCUT2D eigenvalue weighted by Crippen LogP contribution is -2.20. The molecule has 1 heterocycles. The van der Waals surface area contributed by atoms with E-state index in [2.05, 4.69) is 23.0 Å². The molecule has 12 heavy (non-hydrogen) atoms. The van der Waals surface area contributed by atoms with Crippen LogP contribution in [0.4, 0.5) is 0 Å². The summed E-state index contributed by atoms with van der Waals surface area (Å²) in [5, 5.41) is 0.605. The quantitative estimate of drug-likeness (QED) is 0.369. The Labute approximate surface area is 82.0 Å². The lowest BCUT2D eigenvalue weighted by atomic mass is 9.97. The Bertz CT molecular complexity index is 182. The standard InChI is InChI=1S/C8H14BOPS/c1-2-3-12-7-4-8(9)10-6(7)5-11/h1,6-8H,3-5,9,11H2. The van der Waals surface area contributed by atoms with Crippen LogP contribution in [0, 0.1) is 12.3 Å².